The molecule has 90 valence electrons. The summed E-state index contributed by atoms with van der Waals surface area (Å²) in [6.07, 6.45) is 0.743. The molecule has 2 heteroatoms. The third-order valence-corrected chi connectivity index (χ3v) is 3.10. The van der Waals surface area contributed by atoms with Gasteiger partial charge in [0.25, 0.3) is 0 Å². The zero-order valence-corrected chi connectivity index (χ0v) is 10.7. The highest BCUT2D eigenvalue weighted by Crippen LogP contribution is 2.18. The summed E-state index contributed by atoms with van der Waals surface area (Å²) in [4.78, 5) is 0. The fraction of sp³-hybridized carbons (Fsp3) is 0.571. The van der Waals surface area contributed by atoms with E-state index in [1.807, 2.05) is 12.1 Å². The topological polar surface area (TPSA) is 12.0 Å². The van der Waals surface area contributed by atoms with Gasteiger partial charge in [-0.1, -0.05) is 39.0 Å². The molecule has 0 aliphatic heterocycles. The molecular formula is C14H22FN. The van der Waals surface area contributed by atoms with E-state index in [-0.39, 0.29) is 11.2 Å². The quantitative estimate of drug-likeness (QED) is 0.825. The minimum Gasteiger partial charge on any atom is -0.313 e. The van der Waals surface area contributed by atoms with Gasteiger partial charge in [0, 0.05) is 6.04 Å². The summed E-state index contributed by atoms with van der Waals surface area (Å²) in [5, 5.41) is 3.43. The zero-order chi connectivity index (χ0) is 12.2. The van der Waals surface area contributed by atoms with Gasteiger partial charge in [0.2, 0.25) is 0 Å². The number of hydrogen-bond acceptors (Lipinski definition) is 1. The lowest BCUT2D eigenvalue weighted by molar-refractivity contribution is 0.288. The van der Waals surface area contributed by atoms with Crippen LogP contribution in [-0.4, -0.2) is 12.6 Å². The minimum atomic E-state index is -0.104. The van der Waals surface area contributed by atoms with E-state index in [1.165, 1.54) is 6.07 Å². The van der Waals surface area contributed by atoms with E-state index in [9.17, 15) is 4.39 Å². The first kappa shape index (κ1) is 13.2. The Kier molecular flexibility index (Phi) is 4.48. The van der Waals surface area contributed by atoms with Gasteiger partial charge in [0.15, 0.2) is 0 Å². The molecule has 1 rings (SSSR count). The van der Waals surface area contributed by atoms with E-state index in [4.69, 9.17) is 0 Å². The molecule has 0 aromatic heterocycles. The highest BCUT2D eigenvalue weighted by atomic mass is 19.1. The molecule has 0 amide bonds. The van der Waals surface area contributed by atoms with Gasteiger partial charge >= 0.3 is 0 Å². The molecule has 0 bridgehead atoms. The minimum absolute atomic E-state index is 0.104. The lowest BCUT2D eigenvalue weighted by Crippen LogP contribution is -2.38. The van der Waals surface area contributed by atoms with Crippen LogP contribution in [0.25, 0.3) is 0 Å². The second kappa shape index (κ2) is 5.44. The van der Waals surface area contributed by atoms with E-state index in [0.717, 1.165) is 18.5 Å². The van der Waals surface area contributed by atoms with Crippen LogP contribution in [0.2, 0.25) is 0 Å². The van der Waals surface area contributed by atoms with E-state index < -0.39 is 0 Å². The average Bonchev–Trinajstić information content (AvgIpc) is 2.19. The normalized spacial score (nSPS) is 13.8. The summed E-state index contributed by atoms with van der Waals surface area (Å²) in [6, 6.07) is 7.40. The summed E-state index contributed by atoms with van der Waals surface area (Å²) >= 11 is 0. The third-order valence-electron chi connectivity index (χ3n) is 3.10. The van der Waals surface area contributed by atoms with Crippen molar-refractivity contribution in [2.24, 2.45) is 5.41 Å². The van der Waals surface area contributed by atoms with Crippen LogP contribution in [0.1, 0.15) is 33.3 Å². The smallest absolute Gasteiger partial charge is 0.126 e. The summed E-state index contributed by atoms with van der Waals surface area (Å²) in [5.74, 6) is -0.104. The lowest BCUT2D eigenvalue weighted by Gasteiger charge is -2.28. The molecular weight excluding hydrogens is 201 g/mol. The average molecular weight is 223 g/mol. The fourth-order valence-electron chi connectivity index (χ4n) is 1.43. The molecule has 0 saturated carbocycles. The number of hydrogen-bond donors (Lipinski definition) is 1. The number of halogens is 1. The molecule has 1 atom stereocenters. The van der Waals surface area contributed by atoms with Crippen molar-refractivity contribution in [3.63, 3.8) is 0 Å². The second-order valence-electron chi connectivity index (χ2n) is 5.38. The van der Waals surface area contributed by atoms with Crippen molar-refractivity contribution in [1.29, 1.82) is 0 Å². The Morgan fingerprint density at radius 1 is 1.25 bits per heavy atom. The van der Waals surface area contributed by atoms with Crippen LogP contribution in [-0.2, 0) is 6.42 Å². The Morgan fingerprint density at radius 2 is 1.88 bits per heavy atom. The van der Waals surface area contributed by atoms with Crippen LogP contribution in [0.3, 0.4) is 0 Å². The Bertz CT molecular complexity index is 328. The van der Waals surface area contributed by atoms with Crippen LogP contribution >= 0.6 is 0 Å². The molecule has 1 N–H and O–H groups in total. The van der Waals surface area contributed by atoms with E-state index >= 15 is 0 Å². The summed E-state index contributed by atoms with van der Waals surface area (Å²) < 4.78 is 13.3. The molecule has 1 nitrogen and oxygen atoms in total. The first-order valence-corrected chi connectivity index (χ1v) is 5.88. The van der Waals surface area contributed by atoms with Crippen molar-refractivity contribution in [2.75, 3.05) is 6.54 Å². The van der Waals surface area contributed by atoms with E-state index in [0.29, 0.717) is 6.04 Å². The fourth-order valence-corrected chi connectivity index (χ4v) is 1.43. The molecule has 16 heavy (non-hydrogen) atoms. The Morgan fingerprint density at radius 3 is 2.44 bits per heavy atom. The van der Waals surface area contributed by atoms with Crippen molar-refractivity contribution in [3.05, 3.63) is 35.6 Å². The summed E-state index contributed by atoms with van der Waals surface area (Å²) in [6.45, 7) is 9.59. The molecule has 0 saturated heterocycles. The van der Waals surface area contributed by atoms with Gasteiger partial charge in [-0.15, -0.1) is 0 Å². The maximum atomic E-state index is 13.3. The Hall–Kier alpha value is -0.890. The predicted molar refractivity (Wildman–Crippen MR) is 67.0 cm³/mol. The molecule has 0 fully saturated rings. The monoisotopic (exact) mass is 223 g/mol. The third kappa shape index (κ3) is 3.93. The predicted octanol–water partition coefficient (Wildman–Crippen LogP) is 3.39. The van der Waals surface area contributed by atoms with Crippen molar-refractivity contribution in [3.8, 4) is 0 Å². The number of rotatable bonds is 4. The second-order valence-corrected chi connectivity index (χ2v) is 5.38. The molecule has 0 aliphatic rings. The van der Waals surface area contributed by atoms with Gasteiger partial charge < -0.3 is 5.32 Å². The maximum Gasteiger partial charge on any atom is 0.126 e. The molecule has 0 heterocycles. The summed E-state index contributed by atoms with van der Waals surface area (Å²) in [7, 11) is 0. The molecule has 0 radical (unpaired) electrons. The van der Waals surface area contributed by atoms with Gasteiger partial charge in [-0.2, -0.15) is 0 Å². The SMILES string of the molecule is CC(NCCc1ccccc1F)C(C)(C)C. The highest BCUT2D eigenvalue weighted by Gasteiger charge is 2.18. The largest absolute Gasteiger partial charge is 0.313 e. The van der Waals surface area contributed by atoms with Crippen molar-refractivity contribution in [2.45, 2.75) is 40.2 Å². The Labute approximate surface area is 98.1 Å². The van der Waals surface area contributed by atoms with Crippen LogP contribution in [0, 0.1) is 11.2 Å². The van der Waals surface area contributed by atoms with Crippen molar-refractivity contribution < 1.29 is 4.39 Å². The van der Waals surface area contributed by atoms with E-state index in [2.05, 4.69) is 33.0 Å². The molecule has 0 aliphatic carbocycles. The molecule has 1 unspecified atom stereocenters. The lowest BCUT2D eigenvalue weighted by atomic mass is 9.88. The molecule has 1 aromatic rings. The first-order chi connectivity index (χ1) is 7.41. The van der Waals surface area contributed by atoms with Crippen LogP contribution in [0.15, 0.2) is 24.3 Å². The van der Waals surface area contributed by atoms with Crippen molar-refractivity contribution in [1.82, 2.24) is 5.32 Å². The van der Waals surface area contributed by atoms with Gasteiger partial charge in [-0.3, -0.25) is 0 Å². The van der Waals surface area contributed by atoms with Gasteiger partial charge in [0.1, 0.15) is 5.82 Å². The maximum absolute atomic E-state index is 13.3. The standard InChI is InChI=1S/C14H22FN/c1-11(14(2,3)4)16-10-9-12-7-5-6-8-13(12)15/h5-8,11,16H,9-10H2,1-4H3. The van der Waals surface area contributed by atoms with Crippen LogP contribution < -0.4 is 5.32 Å². The summed E-state index contributed by atoms with van der Waals surface area (Å²) in [5.41, 5.74) is 1.03. The highest BCUT2D eigenvalue weighted by molar-refractivity contribution is 5.17. The molecule has 0 spiro atoms. The van der Waals surface area contributed by atoms with E-state index in [1.54, 1.807) is 6.07 Å². The zero-order valence-electron chi connectivity index (χ0n) is 10.7. The van der Waals surface area contributed by atoms with Gasteiger partial charge in [-0.25, -0.2) is 4.39 Å². The van der Waals surface area contributed by atoms with Crippen molar-refractivity contribution >= 4 is 0 Å². The van der Waals surface area contributed by atoms with Crippen LogP contribution in [0.5, 0.6) is 0 Å². The van der Waals surface area contributed by atoms with Gasteiger partial charge in [0.05, 0.1) is 0 Å². The number of benzene rings is 1. The number of nitrogens with one attached hydrogen (secondary N) is 1. The van der Waals surface area contributed by atoms with Gasteiger partial charge in [-0.05, 0) is 36.9 Å². The Balaban J connectivity index is 2.40. The molecule has 1 aromatic carbocycles. The van der Waals surface area contributed by atoms with Crippen LogP contribution in [0.4, 0.5) is 4.39 Å². The first-order valence-electron chi connectivity index (χ1n) is 5.88.